The van der Waals surface area contributed by atoms with Crippen LogP contribution >= 0.6 is 0 Å². The van der Waals surface area contributed by atoms with E-state index in [1.165, 1.54) is 6.07 Å². The summed E-state index contributed by atoms with van der Waals surface area (Å²) in [5, 5.41) is 7.76. The molecule has 0 saturated carbocycles. The molecule has 0 fully saturated rings. The average Bonchev–Trinajstić information content (AvgIpc) is 3.06. The summed E-state index contributed by atoms with van der Waals surface area (Å²) in [5.41, 5.74) is 2.77. The van der Waals surface area contributed by atoms with E-state index >= 15 is 0 Å². The third kappa shape index (κ3) is 3.59. The Kier molecular flexibility index (Phi) is 4.79. The minimum absolute atomic E-state index is 0.0321. The Morgan fingerprint density at radius 2 is 1.75 bits per heavy atom. The molecule has 4 aromatic rings. The van der Waals surface area contributed by atoms with Crippen molar-refractivity contribution in [2.24, 2.45) is 0 Å². The Morgan fingerprint density at radius 3 is 2.57 bits per heavy atom. The van der Waals surface area contributed by atoms with Gasteiger partial charge in [-0.25, -0.2) is 8.78 Å². The summed E-state index contributed by atoms with van der Waals surface area (Å²) < 4.78 is 32.2. The summed E-state index contributed by atoms with van der Waals surface area (Å²) in [4.78, 5) is 12.3. The number of fused-ring (bicyclic) bond motifs is 3. The number of furan rings is 1. The second-order valence-corrected chi connectivity index (χ2v) is 6.63. The summed E-state index contributed by atoms with van der Waals surface area (Å²) in [7, 11) is 0. The summed E-state index contributed by atoms with van der Waals surface area (Å²) in [6.45, 7) is 1.81. The predicted octanol–water partition coefficient (Wildman–Crippen LogP) is 5.15. The Morgan fingerprint density at radius 1 is 0.964 bits per heavy atom. The van der Waals surface area contributed by atoms with E-state index in [1.54, 1.807) is 13.0 Å². The Bertz CT molecular complexity index is 1170. The lowest BCUT2D eigenvalue weighted by Crippen LogP contribution is -2.30. The fourth-order valence-electron chi connectivity index (χ4n) is 3.15. The van der Waals surface area contributed by atoms with Crippen molar-refractivity contribution < 1.29 is 18.0 Å². The highest BCUT2D eigenvalue weighted by molar-refractivity contribution is 6.07. The normalized spacial score (nSPS) is 12.4. The van der Waals surface area contributed by atoms with Crippen molar-refractivity contribution in [2.45, 2.75) is 13.0 Å². The van der Waals surface area contributed by atoms with Crippen LogP contribution in [0.3, 0.4) is 0 Å². The van der Waals surface area contributed by atoms with Crippen LogP contribution in [0.1, 0.15) is 18.5 Å². The number of carbonyl (C=O) groups is 1. The highest BCUT2D eigenvalue weighted by atomic mass is 19.2. The van der Waals surface area contributed by atoms with Gasteiger partial charge in [0, 0.05) is 22.5 Å². The number of carbonyl (C=O) groups excluding carboxylic acids is 1. The molecule has 28 heavy (non-hydrogen) atoms. The molecular weight excluding hydrogens is 362 g/mol. The number of para-hydroxylation sites is 1. The first kappa shape index (κ1) is 18.1. The molecule has 0 spiro atoms. The number of hydrogen-bond donors (Lipinski definition) is 2. The summed E-state index contributed by atoms with van der Waals surface area (Å²) in [6, 6.07) is 16.6. The zero-order chi connectivity index (χ0) is 19.7. The lowest BCUT2D eigenvalue weighted by molar-refractivity contribution is -0.115. The van der Waals surface area contributed by atoms with Gasteiger partial charge >= 0.3 is 0 Å². The topological polar surface area (TPSA) is 54.3 Å². The second kappa shape index (κ2) is 7.40. The van der Waals surface area contributed by atoms with E-state index in [4.69, 9.17) is 4.42 Å². The van der Waals surface area contributed by atoms with Gasteiger partial charge < -0.3 is 15.1 Å². The lowest BCUT2D eigenvalue weighted by atomic mass is 10.1. The van der Waals surface area contributed by atoms with Crippen LogP contribution in [0.4, 0.5) is 14.5 Å². The number of benzene rings is 3. The van der Waals surface area contributed by atoms with Crippen LogP contribution in [0.2, 0.25) is 0 Å². The number of amides is 1. The highest BCUT2D eigenvalue weighted by Gasteiger charge is 2.12. The fourth-order valence-corrected chi connectivity index (χ4v) is 3.15. The van der Waals surface area contributed by atoms with Crippen molar-refractivity contribution in [3.05, 3.63) is 77.9 Å². The zero-order valence-electron chi connectivity index (χ0n) is 15.1. The van der Waals surface area contributed by atoms with Crippen LogP contribution in [0.15, 0.2) is 65.1 Å². The molecule has 0 aliphatic rings. The third-order valence-electron chi connectivity index (χ3n) is 4.67. The van der Waals surface area contributed by atoms with Gasteiger partial charge in [-0.15, -0.1) is 0 Å². The summed E-state index contributed by atoms with van der Waals surface area (Å²) >= 11 is 0. The van der Waals surface area contributed by atoms with Gasteiger partial charge in [0.05, 0.1) is 6.54 Å². The first-order valence-electron chi connectivity index (χ1n) is 8.91. The van der Waals surface area contributed by atoms with Crippen molar-refractivity contribution in [1.82, 2.24) is 5.32 Å². The monoisotopic (exact) mass is 380 g/mol. The average molecular weight is 380 g/mol. The minimum Gasteiger partial charge on any atom is -0.456 e. The standard InChI is InChI=1S/C22H18F2N2O2/c1-13(14-6-8-18(23)19(24)10-14)25-12-22(27)26-15-7-9-21-17(11-15)16-4-2-3-5-20(16)28-21/h2-11,13,25H,12H2,1H3,(H,26,27)/t13-/m0/s1. The Labute approximate surface area is 160 Å². The van der Waals surface area contributed by atoms with Crippen molar-refractivity contribution >= 4 is 33.5 Å². The van der Waals surface area contributed by atoms with Crippen molar-refractivity contribution in [3.63, 3.8) is 0 Å². The first-order chi connectivity index (χ1) is 13.5. The molecule has 0 aliphatic carbocycles. The van der Waals surface area contributed by atoms with Crippen molar-refractivity contribution in [3.8, 4) is 0 Å². The van der Waals surface area contributed by atoms with Crippen molar-refractivity contribution in [2.75, 3.05) is 11.9 Å². The number of anilines is 1. The van der Waals surface area contributed by atoms with E-state index in [0.717, 1.165) is 34.1 Å². The van der Waals surface area contributed by atoms with E-state index in [2.05, 4.69) is 10.6 Å². The molecule has 0 aliphatic heterocycles. The summed E-state index contributed by atoms with van der Waals surface area (Å²) in [5.74, 6) is -2.03. The molecule has 3 aromatic carbocycles. The minimum atomic E-state index is -0.906. The van der Waals surface area contributed by atoms with Crippen LogP contribution in [0.25, 0.3) is 21.9 Å². The molecule has 6 heteroatoms. The number of rotatable bonds is 5. The first-order valence-corrected chi connectivity index (χ1v) is 8.91. The highest BCUT2D eigenvalue weighted by Crippen LogP contribution is 2.30. The number of nitrogens with one attached hydrogen (secondary N) is 2. The second-order valence-electron chi connectivity index (χ2n) is 6.63. The molecule has 142 valence electrons. The molecule has 0 bridgehead atoms. The molecule has 0 saturated heterocycles. The lowest BCUT2D eigenvalue weighted by Gasteiger charge is -2.14. The smallest absolute Gasteiger partial charge is 0.238 e. The van der Waals surface area contributed by atoms with Gasteiger partial charge in [0.15, 0.2) is 11.6 Å². The van der Waals surface area contributed by atoms with E-state index in [9.17, 15) is 13.6 Å². The van der Waals surface area contributed by atoms with Gasteiger partial charge in [-0.3, -0.25) is 4.79 Å². The van der Waals surface area contributed by atoms with Crippen LogP contribution in [-0.2, 0) is 4.79 Å². The predicted molar refractivity (Wildman–Crippen MR) is 105 cm³/mol. The van der Waals surface area contributed by atoms with E-state index in [-0.39, 0.29) is 18.5 Å². The van der Waals surface area contributed by atoms with Crippen LogP contribution in [0, 0.1) is 11.6 Å². The maximum atomic E-state index is 13.3. The SMILES string of the molecule is C[C@H](NCC(=O)Nc1ccc2oc3ccccc3c2c1)c1ccc(F)c(F)c1. The molecular formula is C22H18F2N2O2. The third-order valence-corrected chi connectivity index (χ3v) is 4.67. The quantitative estimate of drug-likeness (QED) is 0.503. The Hall–Kier alpha value is -3.25. The maximum absolute atomic E-state index is 13.3. The molecule has 4 nitrogen and oxygen atoms in total. The molecule has 1 aromatic heterocycles. The summed E-state index contributed by atoms with van der Waals surface area (Å²) in [6.07, 6.45) is 0. The molecule has 2 N–H and O–H groups in total. The molecule has 0 radical (unpaired) electrons. The molecule has 1 amide bonds. The fraction of sp³-hybridized carbons (Fsp3) is 0.136. The molecule has 1 atom stereocenters. The largest absolute Gasteiger partial charge is 0.456 e. The zero-order valence-corrected chi connectivity index (χ0v) is 15.1. The van der Waals surface area contributed by atoms with Gasteiger partial charge in [0.2, 0.25) is 5.91 Å². The molecule has 0 unspecified atom stereocenters. The van der Waals surface area contributed by atoms with E-state index in [1.807, 2.05) is 36.4 Å². The van der Waals surface area contributed by atoms with Gasteiger partial charge in [-0.2, -0.15) is 0 Å². The Balaban J connectivity index is 1.43. The number of hydrogen-bond acceptors (Lipinski definition) is 3. The van der Waals surface area contributed by atoms with Crippen LogP contribution in [-0.4, -0.2) is 12.5 Å². The number of halogens is 2. The van der Waals surface area contributed by atoms with Gasteiger partial charge in [-0.1, -0.05) is 24.3 Å². The van der Waals surface area contributed by atoms with E-state index in [0.29, 0.717) is 11.3 Å². The molecule has 4 rings (SSSR count). The van der Waals surface area contributed by atoms with Gasteiger partial charge in [0.25, 0.3) is 0 Å². The van der Waals surface area contributed by atoms with Crippen molar-refractivity contribution in [1.29, 1.82) is 0 Å². The molecule has 1 heterocycles. The van der Waals surface area contributed by atoms with Gasteiger partial charge in [0.1, 0.15) is 11.2 Å². The van der Waals surface area contributed by atoms with Crippen LogP contribution in [0.5, 0.6) is 0 Å². The maximum Gasteiger partial charge on any atom is 0.238 e. The van der Waals surface area contributed by atoms with E-state index < -0.39 is 11.6 Å². The van der Waals surface area contributed by atoms with Gasteiger partial charge in [-0.05, 0) is 48.9 Å². The van der Waals surface area contributed by atoms with Crippen LogP contribution < -0.4 is 10.6 Å².